The third kappa shape index (κ3) is 3.46. The fourth-order valence-corrected chi connectivity index (χ4v) is 1.59. The van der Waals surface area contributed by atoms with E-state index in [1.807, 2.05) is 6.92 Å². The van der Waals surface area contributed by atoms with E-state index in [1.165, 1.54) is 0 Å². The third-order valence-electron chi connectivity index (χ3n) is 2.02. The quantitative estimate of drug-likeness (QED) is 0.364. The number of hydrogen-bond donors (Lipinski definition) is 0. The Kier molecular flexibility index (Phi) is 4.99. The normalized spacial score (nSPS) is 10.4. The van der Waals surface area contributed by atoms with E-state index < -0.39 is 29.2 Å². The Morgan fingerprint density at radius 2 is 2.00 bits per heavy atom. The Balaban J connectivity index is 2.91. The first-order valence-corrected chi connectivity index (χ1v) is 5.80. The van der Waals surface area contributed by atoms with Crippen molar-refractivity contribution in [2.24, 2.45) is 0 Å². The molecule has 1 aromatic rings. The summed E-state index contributed by atoms with van der Waals surface area (Å²) in [6.45, 7) is 1.88. The summed E-state index contributed by atoms with van der Waals surface area (Å²) < 4.78 is 43.5. The van der Waals surface area contributed by atoms with E-state index in [1.54, 1.807) is 0 Å². The van der Waals surface area contributed by atoms with Crippen molar-refractivity contribution < 1.29 is 22.7 Å². The molecule has 17 heavy (non-hydrogen) atoms. The molecule has 0 heterocycles. The maximum absolute atomic E-state index is 13.3. The van der Waals surface area contributed by atoms with Gasteiger partial charge in [0.2, 0.25) is 5.82 Å². The molecular formula is C11H10BrF3O2. The highest BCUT2D eigenvalue weighted by atomic mass is 79.9. The Bertz CT molecular complexity index is 435. The van der Waals surface area contributed by atoms with Crippen LogP contribution >= 0.6 is 15.9 Å². The number of ether oxygens (including phenoxy) is 1. The lowest BCUT2D eigenvalue weighted by Gasteiger charge is -2.08. The van der Waals surface area contributed by atoms with Crippen molar-refractivity contribution in [2.45, 2.75) is 26.2 Å². The monoisotopic (exact) mass is 310 g/mol. The van der Waals surface area contributed by atoms with Gasteiger partial charge in [-0.1, -0.05) is 13.3 Å². The second-order valence-electron chi connectivity index (χ2n) is 3.37. The van der Waals surface area contributed by atoms with Gasteiger partial charge in [-0.25, -0.2) is 8.78 Å². The highest BCUT2D eigenvalue weighted by Crippen LogP contribution is 2.31. The van der Waals surface area contributed by atoms with Gasteiger partial charge in [0.15, 0.2) is 17.4 Å². The van der Waals surface area contributed by atoms with Gasteiger partial charge in [-0.2, -0.15) is 4.39 Å². The van der Waals surface area contributed by atoms with E-state index in [0.717, 1.165) is 6.42 Å². The van der Waals surface area contributed by atoms with E-state index >= 15 is 0 Å². The first-order valence-electron chi connectivity index (χ1n) is 5.01. The van der Waals surface area contributed by atoms with Crippen LogP contribution in [0.25, 0.3) is 0 Å². The topological polar surface area (TPSA) is 26.3 Å². The van der Waals surface area contributed by atoms with Crippen LogP contribution < -0.4 is 4.74 Å². The predicted molar refractivity (Wildman–Crippen MR) is 59.2 cm³/mol. The van der Waals surface area contributed by atoms with Crippen LogP contribution in [0.4, 0.5) is 13.2 Å². The SMILES string of the molecule is CCCCC(=O)Oc1c(Br)cc(F)c(F)c1F. The molecule has 6 heteroatoms. The molecule has 0 radical (unpaired) electrons. The standard InChI is InChI=1S/C11H10BrF3O2/c1-2-3-4-8(16)17-11-6(12)5-7(13)9(14)10(11)15/h5H,2-4H2,1H3. The summed E-state index contributed by atoms with van der Waals surface area (Å²) in [5, 5.41) is 0. The minimum atomic E-state index is -1.66. The summed E-state index contributed by atoms with van der Waals surface area (Å²) in [6.07, 6.45) is 1.46. The Morgan fingerprint density at radius 3 is 2.59 bits per heavy atom. The molecule has 0 bridgehead atoms. The summed E-state index contributed by atoms with van der Waals surface area (Å²) in [6, 6.07) is 0.709. The van der Waals surface area contributed by atoms with Gasteiger partial charge in [0.25, 0.3) is 0 Å². The number of benzene rings is 1. The van der Waals surface area contributed by atoms with Crippen molar-refractivity contribution >= 4 is 21.9 Å². The molecule has 1 rings (SSSR count). The summed E-state index contributed by atoms with van der Waals surface area (Å²) in [4.78, 5) is 11.2. The summed E-state index contributed by atoms with van der Waals surface area (Å²) in [5.74, 6) is -5.82. The maximum Gasteiger partial charge on any atom is 0.311 e. The number of esters is 1. The minimum Gasteiger partial charge on any atom is -0.422 e. The molecule has 0 aliphatic heterocycles. The average molecular weight is 311 g/mol. The zero-order valence-electron chi connectivity index (χ0n) is 9.03. The van der Waals surface area contributed by atoms with Gasteiger partial charge >= 0.3 is 5.97 Å². The van der Waals surface area contributed by atoms with E-state index in [2.05, 4.69) is 20.7 Å². The molecule has 0 aliphatic rings. The van der Waals surface area contributed by atoms with Crippen LogP contribution in [0.5, 0.6) is 5.75 Å². The van der Waals surface area contributed by atoms with Crippen molar-refractivity contribution in [3.8, 4) is 5.75 Å². The predicted octanol–water partition coefficient (Wildman–Crippen LogP) is 3.96. The molecular weight excluding hydrogens is 301 g/mol. The smallest absolute Gasteiger partial charge is 0.311 e. The molecule has 2 nitrogen and oxygen atoms in total. The van der Waals surface area contributed by atoms with Crippen LogP contribution in [0.2, 0.25) is 0 Å². The molecule has 0 fully saturated rings. The van der Waals surface area contributed by atoms with Crippen molar-refractivity contribution in [1.29, 1.82) is 0 Å². The number of halogens is 4. The first-order chi connectivity index (χ1) is 7.97. The van der Waals surface area contributed by atoms with Crippen molar-refractivity contribution in [3.63, 3.8) is 0 Å². The molecule has 0 spiro atoms. The number of hydrogen-bond acceptors (Lipinski definition) is 2. The number of carbonyl (C=O) groups excluding carboxylic acids is 1. The van der Waals surface area contributed by atoms with Gasteiger partial charge in [0, 0.05) is 6.42 Å². The Morgan fingerprint density at radius 1 is 1.35 bits per heavy atom. The minimum absolute atomic E-state index is 0.0986. The van der Waals surface area contributed by atoms with Gasteiger partial charge in [0.1, 0.15) is 0 Å². The average Bonchev–Trinajstić information content (AvgIpc) is 2.29. The molecule has 0 saturated carbocycles. The molecule has 0 atom stereocenters. The van der Waals surface area contributed by atoms with E-state index in [9.17, 15) is 18.0 Å². The van der Waals surface area contributed by atoms with Crippen LogP contribution in [-0.4, -0.2) is 5.97 Å². The highest BCUT2D eigenvalue weighted by Gasteiger charge is 2.20. The second kappa shape index (κ2) is 6.05. The zero-order chi connectivity index (χ0) is 13.0. The summed E-state index contributed by atoms with van der Waals surface area (Å²) >= 11 is 2.80. The van der Waals surface area contributed by atoms with Gasteiger partial charge < -0.3 is 4.74 Å². The fourth-order valence-electron chi connectivity index (χ4n) is 1.13. The summed E-state index contributed by atoms with van der Waals surface area (Å²) in [7, 11) is 0. The molecule has 0 saturated heterocycles. The van der Waals surface area contributed by atoms with Crippen LogP contribution in [-0.2, 0) is 4.79 Å². The van der Waals surface area contributed by atoms with E-state index in [0.29, 0.717) is 12.5 Å². The van der Waals surface area contributed by atoms with Crippen LogP contribution in [0, 0.1) is 17.5 Å². The Labute approximate surface area is 105 Å². The third-order valence-corrected chi connectivity index (χ3v) is 2.61. The largest absolute Gasteiger partial charge is 0.422 e. The van der Waals surface area contributed by atoms with Gasteiger partial charge in [-0.15, -0.1) is 0 Å². The van der Waals surface area contributed by atoms with Crippen LogP contribution in [0.1, 0.15) is 26.2 Å². The lowest BCUT2D eigenvalue weighted by molar-refractivity contribution is -0.134. The van der Waals surface area contributed by atoms with E-state index in [-0.39, 0.29) is 10.9 Å². The molecule has 94 valence electrons. The van der Waals surface area contributed by atoms with Gasteiger partial charge in [-0.05, 0) is 28.4 Å². The van der Waals surface area contributed by atoms with Gasteiger partial charge in [0.05, 0.1) is 4.47 Å². The molecule has 0 aromatic heterocycles. The number of unbranched alkanes of at least 4 members (excludes halogenated alkanes) is 1. The zero-order valence-corrected chi connectivity index (χ0v) is 10.6. The maximum atomic E-state index is 13.3. The fraction of sp³-hybridized carbons (Fsp3) is 0.364. The Hall–Kier alpha value is -1.04. The number of carbonyl (C=O) groups is 1. The molecule has 1 aromatic carbocycles. The second-order valence-corrected chi connectivity index (χ2v) is 4.23. The molecule has 0 N–H and O–H groups in total. The van der Waals surface area contributed by atoms with Crippen molar-refractivity contribution in [3.05, 3.63) is 28.0 Å². The molecule has 0 unspecified atom stereocenters. The number of rotatable bonds is 4. The summed E-state index contributed by atoms with van der Waals surface area (Å²) in [5.41, 5.74) is 0. The lowest BCUT2D eigenvalue weighted by atomic mass is 10.2. The van der Waals surface area contributed by atoms with Crippen LogP contribution in [0.3, 0.4) is 0 Å². The molecule has 0 aliphatic carbocycles. The lowest BCUT2D eigenvalue weighted by Crippen LogP contribution is -2.10. The van der Waals surface area contributed by atoms with Crippen molar-refractivity contribution in [1.82, 2.24) is 0 Å². The highest BCUT2D eigenvalue weighted by molar-refractivity contribution is 9.10. The molecule has 0 amide bonds. The van der Waals surface area contributed by atoms with Gasteiger partial charge in [-0.3, -0.25) is 4.79 Å². The van der Waals surface area contributed by atoms with E-state index in [4.69, 9.17) is 0 Å². The first kappa shape index (κ1) is 14.0. The van der Waals surface area contributed by atoms with Crippen molar-refractivity contribution in [2.75, 3.05) is 0 Å². The van der Waals surface area contributed by atoms with Crippen LogP contribution in [0.15, 0.2) is 10.5 Å².